The van der Waals surface area contributed by atoms with Gasteiger partial charge in [-0.05, 0) is 36.2 Å². The van der Waals surface area contributed by atoms with Crippen LogP contribution in [0, 0.1) is 0 Å². The molecule has 5 nitrogen and oxygen atoms in total. The number of carbonyl (C=O) groups is 2. The van der Waals surface area contributed by atoms with E-state index in [0.29, 0.717) is 18.7 Å². The van der Waals surface area contributed by atoms with Gasteiger partial charge in [0.25, 0.3) is 5.91 Å². The van der Waals surface area contributed by atoms with E-state index >= 15 is 0 Å². The van der Waals surface area contributed by atoms with E-state index in [1.54, 1.807) is 29.2 Å². The van der Waals surface area contributed by atoms with Gasteiger partial charge in [0.05, 0.1) is 6.04 Å². The maximum atomic E-state index is 12.1. The molecular formula is C19H20N2O3. The van der Waals surface area contributed by atoms with Crippen molar-refractivity contribution in [3.8, 4) is 0 Å². The van der Waals surface area contributed by atoms with E-state index in [2.05, 4.69) is 5.32 Å². The van der Waals surface area contributed by atoms with Gasteiger partial charge >= 0.3 is 6.09 Å². The van der Waals surface area contributed by atoms with E-state index < -0.39 is 0 Å². The summed E-state index contributed by atoms with van der Waals surface area (Å²) in [4.78, 5) is 25.7. The molecule has 0 aromatic heterocycles. The lowest BCUT2D eigenvalue weighted by molar-refractivity contribution is 0.0953. The van der Waals surface area contributed by atoms with Crippen LogP contribution in [0.1, 0.15) is 35.3 Å². The number of nitrogens with one attached hydrogen (secondary N) is 1. The molecule has 2 amide bonds. The van der Waals surface area contributed by atoms with Crippen molar-refractivity contribution in [3.63, 3.8) is 0 Å². The molecule has 0 radical (unpaired) electrons. The lowest BCUT2D eigenvalue weighted by Crippen LogP contribution is -2.27. The summed E-state index contributed by atoms with van der Waals surface area (Å²) in [6.45, 7) is 2.97. The third-order valence-electron chi connectivity index (χ3n) is 4.00. The summed E-state index contributed by atoms with van der Waals surface area (Å²) in [6.07, 6.45) is 0.523. The van der Waals surface area contributed by atoms with Crippen molar-refractivity contribution >= 4 is 17.7 Å². The largest absolute Gasteiger partial charge is 0.447 e. The molecule has 1 N–H and O–H groups in total. The molecule has 24 heavy (non-hydrogen) atoms. The molecule has 1 heterocycles. The minimum absolute atomic E-state index is 0.105. The van der Waals surface area contributed by atoms with E-state index in [1.807, 2.05) is 37.3 Å². The minimum atomic E-state index is -0.368. The molecule has 5 heteroatoms. The topological polar surface area (TPSA) is 58.6 Å². The van der Waals surface area contributed by atoms with E-state index in [9.17, 15) is 9.59 Å². The van der Waals surface area contributed by atoms with Gasteiger partial charge in [0.15, 0.2) is 0 Å². The van der Waals surface area contributed by atoms with Gasteiger partial charge in [0.1, 0.15) is 6.61 Å². The van der Waals surface area contributed by atoms with Gasteiger partial charge in [-0.1, -0.05) is 37.3 Å². The second-order valence-corrected chi connectivity index (χ2v) is 5.68. The zero-order valence-corrected chi connectivity index (χ0v) is 13.6. The Kier molecular flexibility index (Phi) is 4.79. The van der Waals surface area contributed by atoms with Crippen LogP contribution in [0.15, 0.2) is 54.6 Å². The average molecular weight is 324 g/mol. The van der Waals surface area contributed by atoms with Gasteiger partial charge in [0.2, 0.25) is 0 Å². The Hall–Kier alpha value is -2.82. The fraction of sp³-hybridized carbons (Fsp3) is 0.263. The van der Waals surface area contributed by atoms with Gasteiger partial charge in [0, 0.05) is 17.8 Å². The molecule has 0 unspecified atom stereocenters. The van der Waals surface area contributed by atoms with Crippen molar-refractivity contribution < 1.29 is 14.3 Å². The Morgan fingerprint density at radius 2 is 1.88 bits per heavy atom. The number of cyclic esters (lactones) is 1. The predicted molar refractivity (Wildman–Crippen MR) is 92.1 cm³/mol. The van der Waals surface area contributed by atoms with E-state index in [0.717, 1.165) is 17.7 Å². The molecular weight excluding hydrogens is 304 g/mol. The number of benzene rings is 2. The van der Waals surface area contributed by atoms with Crippen LogP contribution in [0.2, 0.25) is 0 Å². The normalized spacial score (nSPS) is 16.8. The lowest BCUT2D eigenvalue weighted by atomic mass is 10.1. The molecule has 0 spiro atoms. The number of hydrogen-bond donors (Lipinski definition) is 1. The number of amides is 2. The number of ether oxygens (including phenoxy) is 1. The zero-order valence-electron chi connectivity index (χ0n) is 13.6. The summed E-state index contributed by atoms with van der Waals surface area (Å²) >= 11 is 0. The number of hydrogen-bond acceptors (Lipinski definition) is 3. The van der Waals surface area contributed by atoms with E-state index in [-0.39, 0.29) is 18.0 Å². The fourth-order valence-corrected chi connectivity index (χ4v) is 2.74. The maximum Gasteiger partial charge on any atom is 0.415 e. The summed E-state index contributed by atoms with van der Waals surface area (Å²) in [5.41, 5.74) is 2.32. The van der Waals surface area contributed by atoms with Gasteiger partial charge in [-0.15, -0.1) is 0 Å². The van der Waals surface area contributed by atoms with Crippen molar-refractivity contribution in [1.29, 1.82) is 0 Å². The molecule has 1 saturated heterocycles. The monoisotopic (exact) mass is 324 g/mol. The van der Waals surface area contributed by atoms with Crippen molar-refractivity contribution in [1.82, 2.24) is 5.32 Å². The Bertz CT molecular complexity index is 713. The van der Waals surface area contributed by atoms with Crippen molar-refractivity contribution in [2.75, 3.05) is 18.1 Å². The van der Waals surface area contributed by atoms with Crippen LogP contribution in [0.4, 0.5) is 10.5 Å². The molecule has 124 valence electrons. The summed E-state index contributed by atoms with van der Waals surface area (Å²) < 4.78 is 5.23. The summed E-state index contributed by atoms with van der Waals surface area (Å²) in [7, 11) is 0. The Labute approximate surface area is 141 Å². The highest BCUT2D eigenvalue weighted by Gasteiger charge is 2.35. The highest BCUT2D eigenvalue weighted by atomic mass is 16.6. The van der Waals surface area contributed by atoms with Crippen LogP contribution in [0.25, 0.3) is 0 Å². The molecule has 2 aromatic rings. The molecule has 0 aliphatic carbocycles. The third kappa shape index (κ3) is 3.25. The minimum Gasteiger partial charge on any atom is -0.447 e. The predicted octanol–water partition coefficient (Wildman–Crippen LogP) is 3.52. The van der Waals surface area contributed by atoms with Crippen molar-refractivity contribution in [2.45, 2.75) is 19.4 Å². The van der Waals surface area contributed by atoms with Crippen LogP contribution < -0.4 is 10.2 Å². The first-order chi connectivity index (χ1) is 11.7. The van der Waals surface area contributed by atoms with Crippen molar-refractivity contribution in [3.05, 3.63) is 65.7 Å². The molecule has 2 aromatic carbocycles. The van der Waals surface area contributed by atoms with Gasteiger partial charge < -0.3 is 10.1 Å². The van der Waals surface area contributed by atoms with Gasteiger partial charge in [-0.25, -0.2) is 4.79 Å². The molecule has 1 atom stereocenters. The van der Waals surface area contributed by atoms with E-state index in [1.165, 1.54) is 0 Å². The van der Waals surface area contributed by atoms with Gasteiger partial charge in [-0.3, -0.25) is 9.69 Å². The molecule has 1 aliphatic rings. The highest BCUT2D eigenvalue weighted by Crippen LogP contribution is 2.32. The lowest BCUT2D eigenvalue weighted by Gasteiger charge is -2.22. The first-order valence-corrected chi connectivity index (χ1v) is 8.10. The van der Waals surface area contributed by atoms with E-state index in [4.69, 9.17) is 4.74 Å². The number of carbonyl (C=O) groups excluding carboxylic acids is 2. The summed E-state index contributed by atoms with van der Waals surface area (Å²) in [5.74, 6) is -0.105. The van der Waals surface area contributed by atoms with Crippen LogP contribution in [-0.4, -0.2) is 25.2 Å². The SMILES string of the molecule is CCCNC(=O)c1ccc(N2C(=O)OC[C@@H]2c2ccccc2)cc1. The Morgan fingerprint density at radius 1 is 1.17 bits per heavy atom. The van der Waals surface area contributed by atoms with Crippen molar-refractivity contribution in [2.24, 2.45) is 0 Å². The third-order valence-corrected chi connectivity index (χ3v) is 4.00. The number of nitrogens with zero attached hydrogens (tertiary/aromatic N) is 1. The first-order valence-electron chi connectivity index (χ1n) is 8.10. The molecule has 0 saturated carbocycles. The fourth-order valence-electron chi connectivity index (χ4n) is 2.74. The van der Waals surface area contributed by atoms with Crippen LogP contribution in [0.3, 0.4) is 0 Å². The number of rotatable bonds is 5. The first kappa shape index (κ1) is 16.1. The second kappa shape index (κ2) is 7.17. The Balaban J connectivity index is 1.81. The average Bonchev–Trinajstić information content (AvgIpc) is 3.02. The molecule has 1 aliphatic heterocycles. The molecule has 1 fully saturated rings. The smallest absolute Gasteiger partial charge is 0.415 e. The number of anilines is 1. The summed E-state index contributed by atoms with van der Waals surface area (Å²) in [5, 5.41) is 2.84. The molecule has 3 rings (SSSR count). The van der Waals surface area contributed by atoms with Crippen LogP contribution in [-0.2, 0) is 4.74 Å². The second-order valence-electron chi connectivity index (χ2n) is 5.68. The quantitative estimate of drug-likeness (QED) is 0.915. The zero-order chi connectivity index (χ0) is 16.9. The maximum absolute atomic E-state index is 12.1. The highest BCUT2D eigenvalue weighted by molar-refractivity contribution is 5.96. The molecule has 0 bridgehead atoms. The van der Waals surface area contributed by atoms with Crippen LogP contribution >= 0.6 is 0 Å². The van der Waals surface area contributed by atoms with Gasteiger partial charge in [-0.2, -0.15) is 0 Å². The summed E-state index contributed by atoms with van der Waals surface area (Å²) in [6, 6.07) is 16.6. The van der Waals surface area contributed by atoms with Crippen LogP contribution in [0.5, 0.6) is 0 Å². The standard InChI is InChI=1S/C19H20N2O3/c1-2-12-20-18(22)15-8-10-16(11-9-15)21-17(13-24-19(21)23)14-6-4-3-5-7-14/h3-11,17H,2,12-13H2,1H3,(H,20,22)/t17-/m1/s1. The Morgan fingerprint density at radius 3 is 2.54 bits per heavy atom.